The van der Waals surface area contributed by atoms with Gasteiger partial charge in [-0.15, -0.1) is 0 Å². The molecule has 0 bridgehead atoms. The molecule has 1 aromatic heterocycles. The Kier molecular flexibility index (Phi) is 3.75. The fraction of sp³-hybridized carbons (Fsp3) is 0.571. The lowest BCUT2D eigenvalue weighted by molar-refractivity contribution is 0.0287. The lowest BCUT2D eigenvalue weighted by Crippen LogP contribution is -2.45. The lowest BCUT2D eigenvalue weighted by Gasteiger charge is -2.23. The lowest BCUT2D eigenvalue weighted by atomic mass is 10.1. The SMILES string of the molecule is O=C(NCC1CNCCO1)c1ccnc(C2CC2)c1. The number of morpholine rings is 1. The number of rotatable bonds is 4. The van der Waals surface area contributed by atoms with E-state index in [0.717, 1.165) is 18.8 Å². The molecule has 1 atom stereocenters. The topological polar surface area (TPSA) is 63.2 Å². The molecular weight excluding hydrogens is 242 g/mol. The second-order valence-corrected chi connectivity index (χ2v) is 5.15. The zero-order valence-electron chi connectivity index (χ0n) is 10.9. The number of carbonyl (C=O) groups excluding carboxylic acids is 1. The fourth-order valence-electron chi connectivity index (χ4n) is 2.25. The van der Waals surface area contributed by atoms with Gasteiger partial charge in [0.1, 0.15) is 0 Å². The summed E-state index contributed by atoms with van der Waals surface area (Å²) in [5.41, 5.74) is 1.74. The molecule has 2 N–H and O–H groups in total. The van der Waals surface area contributed by atoms with Crippen molar-refractivity contribution in [1.82, 2.24) is 15.6 Å². The van der Waals surface area contributed by atoms with Gasteiger partial charge in [-0.25, -0.2) is 0 Å². The molecule has 2 heterocycles. The summed E-state index contributed by atoms with van der Waals surface area (Å²) in [6.45, 7) is 2.94. The molecule has 0 radical (unpaired) electrons. The summed E-state index contributed by atoms with van der Waals surface area (Å²) >= 11 is 0. The van der Waals surface area contributed by atoms with Gasteiger partial charge in [-0.05, 0) is 25.0 Å². The molecule has 1 aliphatic heterocycles. The van der Waals surface area contributed by atoms with Gasteiger partial charge in [-0.3, -0.25) is 9.78 Å². The van der Waals surface area contributed by atoms with E-state index in [1.807, 2.05) is 6.07 Å². The highest BCUT2D eigenvalue weighted by molar-refractivity contribution is 5.94. The number of nitrogens with zero attached hydrogens (tertiary/aromatic N) is 1. The standard InChI is InChI=1S/C14H19N3O2/c18-14(17-9-12-8-15-5-6-19-12)11-3-4-16-13(7-11)10-1-2-10/h3-4,7,10,12,15H,1-2,5-6,8-9H2,(H,17,18). The van der Waals surface area contributed by atoms with E-state index in [4.69, 9.17) is 4.74 Å². The van der Waals surface area contributed by atoms with Gasteiger partial charge in [0.2, 0.25) is 0 Å². The molecule has 1 aromatic rings. The summed E-state index contributed by atoms with van der Waals surface area (Å²) in [6, 6.07) is 3.67. The minimum atomic E-state index is -0.0431. The Labute approximate surface area is 112 Å². The summed E-state index contributed by atoms with van der Waals surface area (Å²) in [4.78, 5) is 16.4. The van der Waals surface area contributed by atoms with Gasteiger partial charge in [-0.1, -0.05) is 0 Å². The first kappa shape index (κ1) is 12.6. The van der Waals surface area contributed by atoms with Gasteiger partial charge in [0.15, 0.2) is 0 Å². The van der Waals surface area contributed by atoms with Crippen LogP contribution in [-0.4, -0.2) is 43.2 Å². The number of hydrogen-bond acceptors (Lipinski definition) is 4. The molecule has 0 spiro atoms. The first-order valence-electron chi connectivity index (χ1n) is 6.89. The molecule has 1 unspecified atom stereocenters. The average molecular weight is 261 g/mol. The summed E-state index contributed by atoms with van der Waals surface area (Å²) in [6.07, 6.45) is 4.18. The molecule has 2 aliphatic rings. The predicted molar refractivity (Wildman–Crippen MR) is 71.2 cm³/mol. The Bertz CT molecular complexity index is 454. The molecule has 5 heteroatoms. The van der Waals surface area contributed by atoms with E-state index in [1.54, 1.807) is 12.3 Å². The minimum Gasteiger partial charge on any atom is -0.374 e. The monoisotopic (exact) mass is 261 g/mol. The highest BCUT2D eigenvalue weighted by atomic mass is 16.5. The predicted octanol–water partition coefficient (Wildman–Crippen LogP) is 0.677. The molecule has 1 saturated carbocycles. The minimum absolute atomic E-state index is 0.0431. The van der Waals surface area contributed by atoms with Crippen LogP contribution in [0.15, 0.2) is 18.3 Å². The van der Waals surface area contributed by atoms with Gasteiger partial charge in [0, 0.05) is 43.0 Å². The Morgan fingerprint density at radius 3 is 3.16 bits per heavy atom. The first-order chi connectivity index (χ1) is 9.33. The van der Waals surface area contributed by atoms with Crippen molar-refractivity contribution in [2.75, 3.05) is 26.2 Å². The van der Waals surface area contributed by atoms with Crippen molar-refractivity contribution in [3.05, 3.63) is 29.6 Å². The molecule has 1 amide bonds. The molecule has 2 fully saturated rings. The molecule has 1 aliphatic carbocycles. The Hall–Kier alpha value is -1.46. The number of amides is 1. The van der Waals surface area contributed by atoms with E-state index < -0.39 is 0 Å². The normalized spacial score (nSPS) is 23.1. The van der Waals surface area contributed by atoms with Crippen LogP contribution in [0.4, 0.5) is 0 Å². The van der Waals surface area contributed by atoms with Gasteiger partial charge < -0.3 is 15.4 Å². The van der Waals surface area contributed by atoms with Crippen molar-refractivity contribution >= 4 is 5.91 Å². The highest BCUT2D eigenvalue weighted by Crippen LogP contribution is 2.38. The van der Waals surface area contributed by atoms with Gasteiger partial charge in [-0.2, -0.15) is 0 Å². The van der Waals surface area contributed by atoms with Crippen molar-refractivity contribution in [2.45, 2.75) is 24.9 Å². The maximum Gasteiger partial charge on any atom is 0.251 e. The van der Waals surface area contributed by atoms with Gasteiger partial charge >= 0.3 is 0 Å². The summed E-state index contributed by atoms with van der Waals surface area (Å²) in [7, 11) is 0. The van der Waals surface area contributed by atoms with Crippen molar-refractivity contribution in [2.24, 2.45) is 0 Å². The zero-order valence-corrected chi connectivity index (χ0v) is 10.9. The first-order valence-corrected chi connectivity index (χ1v) is 6.89. The van der Waals surface area contributed by atoms with E-state index in [9.17, 15) is 4.79 Å². The second-order valence-electron chi connectivity index (χ2n) is 5.15. The van der Waals surface area contributed by atoms with Crippen LogP contribution in [0.25, 0.3) is 0 Å². The van der Waals surface area contributed by atoms with E-state index in [0.29, 0.717) is 24.6 Å². The van der Waals surface area contributed by atoms with Crippen LogP contribution in [-0.2, 0) is 4.74 Å². The largest absolute Gasteiger partial charge is 0.374 e. The number of aromatic nitrogens is 1. The molecule has 19 heavy (non-hydrogen) atoms. The Morgan fingerprint density at radius 1 is 1.53 bits per heavy atom. The maximum atomic E-state index is 12.1. The molecule has 3 rings (SSSR count). The van der Waals surface area contributed by atoms with Crippen LogP contribution >= 0.6 is 0 Å². The molecule has 1 saturated heterocycles. The van der Waals surface area contributed by atoms with Crippen molar-refractivity contribution in [3.8, 4) is 0 Å². The average Bonchev–Trinajstić information content (AvgIpc) is 3.31. The van der Waals surface area contributed by atoms with Gasteiger partial charge in [0.05, 0.1) is 12.7 Å². The number of hydrogen-bond donors (Lipinski definition) is 2. The van der Waals surface area contributed by atoms with Crippen molar-refractivity contribution < 1.29 is 9.53 Å². The van der Waals surface area contributed by atoms with Crippen molar-refractivity contribution in [3.63, 3.8) is 0 Å². The number of ether oxygens (including phenoxy) is 1. The Morgan fingerprint density at radius 2 is 2.42 bits per heavy atom. The number of carbonyl (C=O) groups is 1. The van der Waals surface area contributed by atoms with Crippen LogP contribution in [0.2, 0.25) is 0 Å². The van der Waals surface area contributed by atoms with Crippen LogP contribution in [0.5, 0.6) is 0 Å². The third-order valence-electron chi connectivity index (χ3n) is 3.53. The summed E-state index contributed by atoms with van der Waals surface area (Å²) < 4.78 is 5.55. The molecule has 5 nitrogen and oxygen atoms in total. The van der Waals surface area contributed by atoms with E-state index in [2.05, 4.69) is 15.6 Å². The molecule has 0 aromatic carbocycles. The number of nitrogens with one attached hydrogen (secondary N) is 2. The summed E-state index contributed by atoms with van der Waals surface area (Å²) in [5, 5.41) is 6.17. The third-order valence-corrected chi connectivity index (χ3v) is 3.53. The van der Waals surface area contributed by atoms with Crippen LogP contribution < -0.4 is 10.6 Å². The van der Waals surface area contributed by atoms with Crippen LogP contribution in [0.1, 0.15) is 34.8 Å². The van der Waals surface area contributed by atoms with Crippen LogP contribution in [0, 0.1) is 0 Å². The van der Waals surface area contributed by atoms with Crippen LogP contribution in [0.3, 0.4) is 0 Å². The fourth-order valence-corrected chi connectivity index (χ4v) is 2.25. The third kappa shape index (κ3) is 3.30. The quantitative estimate of drug-likeness (QED) is 0.836. The second kappa shape index (κ2) is 5.67. The van der Waals surface area contributed by atoms with E-state index >= 15 is 0 Å². The van der Waals surface area contributed by atoms with Crippen molar-refractivity contribution in [1.29, 1.82) is 0 Å². The molecule has 102 valence electrons. The van der Waals surface area contributed by atoms with E-state index in [1.165, 1.54) is 12.8 Å². The maximum absolute atomic E-state index is 12.1. The smallest absolute Gasteiger partial charge is 0.251 e. The van der Waals surface area contributed by atoms with Gasteiger partial charge in [0.25, 0.3) is 5.91 Å². The molecular formula is C14H19N3O2. The summed E-state index contributed by atoms with van der Waals surface area (Å²) in [5.74, 6) is 0.525. The highest BCUT2D eigenvalue weighted by Gasteiger charge is 2.25. The van der Waals surface area contributed by atoms with E-state index in [-0.39, 0.29) is 12.0 Å². The number of pyridine rings is 1. The zero-order chi connectivity index (χ0) is 13.1. The Balaban J connectivity index is 1.55.